The first-order chi connectivity index (χ1) is 10.1. The third-order valence-corrected chi connectivity index (χ3v) is 2.91. The van der Waals surface area contributed by atoms with Gasteiger partial charge in [-0.15, -0.1) is 0 Å². The molecule has 0 spiro atoms. The van der Waals surface area contributed by atoms with Gasteiger partial charge >= 0.3 is 12.0 Å². The number of carboxylic acids is 1. The third-order valence-electron chi connectivity index (χ3n) is 2.91. The van der Waals surface area contributed by atoms with Crippen LogP contribution >= 0.6 is 0 Å². The molecule has 0 aliphatic rings. The smallest absolute Gasteiger partial charge is 0.319 e. The zero-order valence-corrected chi connectivity index (χ0v) is 12.3. The van der Waals surface area contributed by atoms with E-state index in [4.69, 9.17) is 10.8 Å². The maximum absolute atomic E-state index is 13.6. The van der Waals surface area contributed by atoms with Crippen LogP contribution in [0.4, 0.5) is 14.9 Å². The number of urea groups is 1. The van der Waals surface area contributed by atoms with Gasteiger partial charge in [-0.1, -0.05) is 0 Å². The van der Waals surface area contributed by atoms with Gasteiger partial charge in [-0.25, -0.2) is 9.18 Å². The Morgan fingerprint density at radius 3 is 2.50 bits per heavy atom. The standard InChI is InChI=1S/C14H18FN3O4/c1-14(2,6-5-11(19)20)18-13(22)17-10-7-8(12(16)21)3-4-9(10)15/h3-4,7H,5-6H2,1-2H3,(H2,16,21)(H,19,20)(H2,17,18,22). The van der Waals surface area contributed by atoms with Crippen LogP contribution in [0.5, 0.6) is 0 Å². The van der Waals surface area contributed by atoms with Crippen LogP contribution in [-0.4, -0.2) is 28.6 Å². The summed E-state index contributed by atoms with van der Waals surface area (Å²) in [5.41, 5.74) is 4.16. The molecule has 0 atom stereocenters. The number of nitrogens with one attached hydrogen (secondary N) is 2. The molecule has 0 unspecified atom stereocenters. The maximum Gasteiger partial charge on any atom is 0.319 e. The predicted molar refractivity (Wildman–Crippen MR) is 78.0 cm³/mol. The van der Waals surface area contributed by atoms with E-state index in [0.717, 1.165) is 12.1 Å². The number of benzene rings is 1. The molecule has 8 heteroatoms. The monoisotopic (exact) mass is 311 g/mol. The van der Waals surface area contributed by atoms with Crippen molar-refractivity contribution >= 4 is 23.6 Å². The number of halogens is 1. The molecule has 3 amide bonds. The van der Waals surface area contributed by atoms with E-state index in [9.17, 15) is 18.8 Å². The molecule has 22 heavy (non-hydrogen) atoms. The Balaban J connectivity index is 2.74. The van der Waals surface area contributed by atoms with Crippen molar-refractivity contribution in [3.8, 4) is 0 Å². The Kier molecular flexibility index (Phi) is 5.44. The largest absolute Gasteiger partial charge is 0.481 e. The summed E-state index contributed by atoms with van der Waals surface area (Å²) in [6, 6.07) is 2.64. The van der Waals surface area contributed by atoms with E-state index < -0.39 is 29.3 Å². The van der Waals surface area contributed by atoms with Gasteiger partial charge in [0.1, 0.15) is 5.82 Å². The number of anilines is 1. The van der Waals surface area contributed by atoms with Crippen molar-refractivity contribution in [1.82, 2.24) is 5.32 Å². The number of aliphatic carboxylic acids is 1. The minimum absolute atomic E-state index is 0.0573. The highest BCUT2D eigenvalue weighted by Crippen LogP contribution is 2.17. The van der Waals surface area contributed by atoms with Crippen LogP contribution in [0.25, 0.3) is 0 Å². The molecule has 0 bridgehead atoms. The van der Waals surface area contributed by atoms with Crippen molar-refractivity contribution < 1.29 is 23.9 Å². The van der Waals surface area contributed by atoms with Crippen molar-refractivity contribution in [3.63, 3.8) is 0 Å². The van der Waals surface area contributed by atoms with Crippen LogP contribution in [0.15, 0.2) is 18.2 Å². The van der Waals surface area contributed by atoms with E-state index in [0.29, 0.717) is 0 Å². The minimum atomic E-state index is -0.976. The predicted octanol–water partition coefficient (Wildman–Crippen LogP) is 1.69. The summed E-state index contributed by atoms with van der Waals surface area (Å²) in [6.07, 6.45) is 0.0956. The Labute approximate surface area is 126 Å². The van der Waals surface area contributed by atoms with Crippen LogP contribution in [0.2, 0.25) is 0 Å². The first-order valence-electron chi connectivity index (χ1n) is 6.51. The van der Waals surface area contributed by atoms with Crippen LogP contribution in [0.1, 0.15) is 37.0 Å². The second-order valence-electron chi connectivity index (χ2n) is 5.42. The number of primary amides is 1. The van der Waals surface area contributed by atoms with Gasteiger partial charge in [0.2, 0.25) is 5.91 Å². The summed E-state index contributed by atoms with van der Waals surface area (Å²) in [6.45, 7) is 3.29. The zero-order valence-electron chi connectivity index (χ0n) is 12.3. The molecule has 1 aromatic carbocycles. The lowest BCUT2D eigenvalue weighted by molar-refractivity contribution is -0.137. The lowest BCUT2D eigenvalue weighted by atomic mass is 9.99. The summed E-state index contributed by atoms with van der Waals surface area (Å²) < 4.78 is 13.6. The number of amides is 3. The van der Waals surface area contributed by atoms with E-state index in [-0.39, 0.29) is 24.1 Å². The molecule has 1 aromatic rings. The van der Waals surface area contributed by atoms with E-state index in [1.54, 1.807) is 13.8 Å². The fraction of sp³-hybridized carbons (Fsp3) is 0.357. The Bertz CT molecular complexity index is 602. The molecular formula is C14H18FN3O4. The second kappa shape index (κ2) is 6.88. The summed E-state index contributed by atoms with van der Waals surface area (Å²) in [7, 11) is 0. The Morgan fingerprint density at radius 1 is 1.32 bits per heavy atom. The summed E-state index contributed by atoms with van der Waals surface area (Å²) in [4.78, 5) is 33.4. The highest BCUT2D eigenvalue weighted by molar-refractivity contribution is 5.96. The molecule has 120 valence electrons. The van der Waals surface area contributed by atoms with Gasteiger partial charge in [-0.05, 0) is 38.5 Å². The number of carbonyl (C=O) groups excluding carboxylic acids is 2. The molecule has 0 saturated carbocycles. The quantitative estimate of drug-likeness (QED) is 0.638. The molecule has 0 heterocycles. The van der Waals surface area contributed by atoms with Crippen LogP contribution in [0.3, 0.4) is 0 Å². The van der Waals surface area contributed by atoms with Crippen molar-refractivity contribution in [3.05, 3.63) is 29.6 Å². The van der Waals surface area contributed by atoms with Crippen molar-refractivity contribution in [1.29, 1.82) is 0 Å². The molecule has 0 aliphatic heterocycles. The topological polar surface area (TPSA) is 122 Å². The van der Waals surface area contributed by atoms with Crippen LogP contribution in [-0.2, 0) is 4.79 Å². The fourth-order valence-electron chi connectivity index (χ4n) is 1.72. The zero-order chi connectivity index (χ0) is 16.9. The number of hydrogen-bond acceptors (Lipinski definition) is 3. The highest BCUT2D eigenvalue weighted by Gasteiger charge is 2.22. The van der Waals surface area contributed by atoms with Gasteiger partial charge in [0, 0.05) is 17.5 Å². The Morgan fingerprint density at radius 2 is 1.95 bits per heavy atom. The minimum Gasteiger partial charge on any atom is -0.481 e. The Hall–Kier alpha value is -2.64. The summed E-state index contributed by atoms with van der Waals surface area (Å²) in [5.74, 6) is -2.44. The van der Waals surface area contributed by atoms with Gasteiger partial charge in [0.15, 0.2) is 0 Å². The molecule has 0 radical (unpaired) electrons. The van der Waals surface area contributed by atoms with Crippen molar-refractivity contribution in [2.24, 2.45) is 5.73 Å². The average Bonchev–Trinajstić information content (AvgIpc) is 2.38. The van der Waals surface area contributed by atoms with E-state index >= 15 is 0 Å². The van der Waals surface area contributed by atoms with E-state index in [1.165, 1.54) is 6.07 Å². The van der Waals surface area contributed by atoms with Gasteiger partial charge < -0.3 is 21.5 Å². The molecule has 0 saturated heterocycles. The molecule has 1 rings (SSSR count). The third kappa shape index (κ3) is 5.39. The number of nitrogens with two attached hydrogens (primary N) is 1. The number of rotatable bonds is 6. The van der Waals surface area contributed by atoms with Crippen LogP contribution in [0, 0.1) is 5.82 Å². The first-order valence-corrected chi connectivity index (χ1v) is 6.51. The molecule has 7 nitrogen and oxygen atoms in total. The number of carboxylic acid groups (broad SMARTS) is 1. The molecule has 0 fully saturated rings. The molecule has 5 N–H and O–H groups in total. The maximum atomic E-state index is 13.6. The SMILES string of the molecule is CC(C)(CCC(=O)O)NC(=O)Nc1cc(C(N)=O)ccc1F. The van der Waals surface area contributed by atoms with E-state index in [1.807, 2.05) is 0 Å². The molecular weight excluding hydrogens is 293 g/mol. The number of carbonyl (C=O) groups is 3. The van der Waals surface area contributed by atoms with E-state index in [2.05, 4.69) is 10.6 Å². The molecule has 0 aromatic heterocycles. The lowest BCUT2D eigenvalue weighted by Crippen LogP contribution is -2.45. The van der Waals surface area contributed by atoms with Gasteiger partial charge in [-0.3, -0.25) is 9.59 Å². The summed E-state index contributed by atoms with van der Waals surface area (Å²) in [5, 5.41) is 13.5. The van der Waals surface area contributed by atoms with Gasteiger partial charge in [0.05, 0.1) is 5.69 Å². The summed E-state index contributed by atoms with van der Waals surface area (Å²) >= 11 is 0. The van der Waals surface area contributed by atoms with Gasteiger partial charge in [0.25, 0.3) is 0 Å². The van der Waals surface area contributed by atoms with Crippen molar-refractivity contribution in [2.45, 2.75) is 32.2 Å². The number of hydrogen-bond donors (Lipinski definition) is 4. The van der Waals surface area contributed by atoms with Crippen LogP contribution < -0.4 is 16.4 Å². The second-order valence-corrected chi connectivity index (χ2v) is 5.42. The highest BCUT2D eigenvalue weighted by atomic mass is 19.1. The molecule has 0 aliphatic carbocycles. The lowest BCUT2D eigenvalue weighted by Gasteiger charge is -2.25. The fourth-order valence-corrected chi connectivity index (χ4v) is 1.72. The first kappa shape index (κ1) is 17.4. The van der Waals surface area contributed by atoms with Gasteiger partial charge in [-0.2, -0.15) is 0 Å². The van der Waals surface area contributed by atoms with Crippen molar-refractivity contribution in [2.75, 3.05) is 5.32 Å². The normalized spacial score (nSPS) is 10.9. The average molecular weight is 311 g/mol.